The lowest BCUT2D eigenvalue weighted by molar-refractivity contribution is -0.629. The SMILES string of the molecule is [O-][n+]1c(Br)cc(Br)cc1Br. The van der Waals surface area contributed by atoms with E-state index in [1.54, 1.807) is 12.1 Å². The van der Waals surface area contributed by atoms with Gasteiger partial charge in [0.2, 0.25) is 0 Å². The van der Waals surface area contributed by atoms with Crippen molar-refractivity contribution in [1.29, 1.82) is 0 Å². The second-order valence-electron chi connectivity index (χ2n) is 1.61. The van der Waals surface area contributed by atoms with Gasteiger partial charge in [0.05, 0.1) is 0 Å². The molecule has 0 saturated heterocycles. The van der Waals surface area contributed by atoms with Crippen LogP contribution >= 0.6 is 47.8 Å². The fourth-order valence-corrected chi connectivity index (χ4v) is 2.65. The Bertz CT molecular complexity index is 240. The Morgan fingerprint density at radius 1 is 1.10 bits per heavy atom. The minimum Gasteiger partial charge on any atom is -0.617 e. The van der Waals surface area contributed by atoms with Crippen molar-refractivity contribution < 1.29 is 4.73 Å². The molecule has 10 heavy (non-hydrogen) atoms. The van der Waals surface area contributed by atoms with E-state index in [4.69, 9.17) is 0 Å². The van der Waals surface area contributed by atoms with Gasteiger partial charge in [-0.15, -0.1) is 0 Å². The average Bonchev–Trinajstić information content (AvgIpc) is 1.82. The summed E-state index contributed by atoms with van der Waals surface area (Å²) in [5.41, 5.74) is 0. The molecule has 1 rings (SSSR count). The number of hydrogen-bond donors (Lipinski definition) is 0. The van der Waals surface area contributed by atoms with Crippen molar-refractivity contribution in [3.63, 3.8) is 0 Å². The van der Waals surface area contributed by atoms with Gasteiger partial charge in [0.1, 0.15) is 0 Å². The summed E-state index contributed by atoms with van der Waals surface area (Å²) in [6, 6.07) is 3.36. The third-order valence-corrected chi connectivity index (χ3v) is 2.46. The Kier molecular flexibility index (Phi) is 2.71. The van der Waals surface area contributed by atoms with Gasteiger partial charge in [0, 0.05) is 48.5 Å². The molecular weight excluding hydrogens is 330 g/mol. The summed E-state index contributed by atoms with van der Waals surface area (Å²) in [5.74, 6) is 0. The first-order valence-electron chi connectivity index (χ1n) is 2.35. The van der Waals surface area contributed by atoms with Crippen LogP contribution < -0.4 is 4.73 Å². The second-order valence-corrected chi connectivity index (χ2v) is 4.15. The second kappa shape index (κ2) is 3.19. The summed E-state index contributed by atoms with van der Waals surface area (Å²) in [5, 5.41) is 10.9. The summed E-state index contributed by atoms with van der Waals surface area (Å²) >= 11 is 9.41. The fraction of sp³-hybridized carbons (Fsp3) is 0. The Hall–Kier alpha value is 0.390. The third-order valence-electron chi connectivity index (χ3n) is 0.902. The summed E-state index contributed by atoms with van der Waals surface area (Å²) in [6.45, 7) is 0. The highest BCUT2D eigenvalue weighted by molar-refractivity contribution is 9.11. The topological polar surface area (TPSA) is 26.9 Å². The maximum absolute atomic E-state index is 10.9. The lowest BCUT2D eigenvalue weighted by Crippen LogP contribution is -2.29. The van der Waals surface area contributed by atoms with Crippen molar-refractivity contribution in [3.05, 3.63) is 31.0 Å². The van der Waals surface area contributed by atoms with Gasteiger partial charge in [-0.25, -0.2) is 0 Å². The predicted molar refractivity (Wildman–Crippen MR) is 48.5 cm³/mol. The zero-order chi connectivity index (χ0) is 7.72. The van der Waals surface area contributed by atoms with Crippen molar-refractivity contribution in [3.8, 4) is 0 Å². The molecule has 0 aliphatic rings. The van der Waals surface area contributed by atoms with E-state index >= 15 is 0 Å². The monoisotopic (exact) mass is 329 g/mol. The van der Waals surface area contributed by atoms with Gasteiger partial charge in [-0.1, -0.05) is 15.9 Å². The Balaban J connectivity index is 3.31. The summed E-state index contributed by atoms with van der Waals surface area (Å²) in [6.07, 6.45) is 0. The van der Waals surface area contributed by atoms with Gasteiger partial charge < -0.3 is 5.21 Å². The quantitative estimate of drug-likeness (QED) is 0.408. The molecule has 0 aromatic carbocycles. The van der Waals surface area contributed by atoms with Crippen molar-refractivity contribution >= 4 is 47.8 Å². The number of pyridine rings is 1. The van der Waals surface area contributed by atoms with E-state index in [-0.39, 0.29) is 0 Å². The highest BCUT2D eigenvalue weighted by Crippen LogP contribution is 2.17. The Labute approximate surface area is 83.2 Å². The molecule has 0 fully saturated rings. The maximum Gasteiger partial charge on any atom is 0.261 e. The first-order valence-corrected chi connectivity index (χ1v) is 4.73. The molecule has 0 N–H and O–H groups in total. The summed E-state index contributed by atoms with van der Waals surface area (Å²) in [4.78, 5) is 0. The molecule has 0 aliphatic carbocycles. The maximum atomic E-state index is 10.9. The van der Waals surface area contributed by atoms with E-state index < -0.39 is 0 Å². The van der Waals surface area contributed by atoms with E-state index in [1.165, 1.54) is 0 Å². The number of nitrogens with zero attached hydrogens (tertiary/aromatic N) is 1. The number of hydrogen-bond acceptors (Lipinski definition) is 1. The van der Waals surface area contributed by atoms with E-state index in [2.05, 4.69) is 47.8 Å². The van der Waals surface area contributed by atoms with Gasteiger partial charge in [-0.05, 0) is 0 Å². The summed E-state index contributed by atoms with van der Waals surface area (Å²) < 4.78 is 2.56. The van der Waals surface area contributed by atoms with Crippen LogP contribution in [0, 0.1) is 5.21 Å². The van der Waals surface area contributed by atoms with Gasteiger partial charge >= 0.3 is 0 Å². The Morgan fingerprint density at radius 2 is 1.50 bits per heavy atom. The molecular formula is C5H2Br3NO. The first-order chi connectivity index (χ1) is 4.61. The third kappa shape index (κ3) is 1.71. The average molecular weight is 332 g/mol. The van der Waals surface area contributed by atoms with Crippen LogP contribution in [0.15, 0.2) is 25.8 Å². The molecule has 0 bridgehead atoms. The van der Waals surface area contributed by atoms with Gasteiger partial charge in [0.15, 0.2) is 0 Å². The Morgan fingerprint density at radius 3 is 1.90 bits per heavy atom. The standard InChI is InChI=1S/C5H2Br3NO/c6-3-1-4(7)9(10)5(8)2-3/h1-2H. The minimum absolute atomic E-state index is 0.480. The molecule has 1 heterocycles. The number of halogens is 3. The first kappa shape index (κ1) is 8.49. The van der Waals surface area contributed by atoms with Crippen LogP contribution in [0.3, 0.4) is 0 Å². The smallest absolute Gasteiger partial charge is 0.261 e. The largest absolute Gasteiger partial charge is 0.617 e. The van der Waals surface area contributed by atoms with Crippen molar-refractivity contribution in [2.75, 3.05) is 0 Å². The van der Waals surface area contributed by atoms with Crippen LogP contribution in [0.2, 0.25) is 0 Å². The van der Waals surface area contributed by atoms with Gasteiger partial charge in [-0.2, -0.15) is 4.73 Å². The lowest BCUT2D eigenvalue weighted by Gasteiger charge is -2.00. The molecule has 0 atom stereocenters. The van der Waals surface area contributed by atoms with Crippen LogP contribution in [-0.4, -0.2) is 0 Å². The lowest BCUT2D eigenvalue weighted by atomic mass is 10.5. The molecule has 0 unspecified atom stereocenters. The van der Waals surface area contributed by atoms with Gasteiger partial charge in [-0.3, -0.25) is 0 Å². The molecule has 5 heteroatoms. The van der Waals surface area contributed by atoms with Crippen LogP contribution in [0.5, 0.6) is 0 Å². The predicted octanol–water partition coefficient (Wildman–Crippen LogP) is 2.61. The molecule has 0 amide bonds. The van der Waals surface area contributed by atoms with Crippen LogP contribution in [-0.2, 0) is 0 Å². The van der Waals surface area contributed by atoms with E-state index in [9.17, 15) is 5.21 Å². The molecule has 54 valence electrons. The zero-order valence-corrected chi connectivity index (χ0v) is 9.40. The normalized spacial score (nSPS) is 9.90. The molecule has 0 saturated carbocycles. The van der Waals surface area contributed by atoms with Crippen molar-refractivity contribution in [1.82, 2.24) is 0 Å². The fourth-order valence-electron chi connectivity index (χ4n) is 0.489. The van der Waals surface area contributed by atoms with Crippen LogP contribution in [0.1, 0.15) is 0 Å². The minimum atomic E-state index is 0.480. The summed E-state index contributed by atoms with van der Waals surface area (Å²) in [7, 11) is 0. The highest BCUT2D eigenvalue weighted by Gasteiger charge is 2.06. The van der Waals surface area contributed by atoms with Crippen LogP contribution in [0.25, 0.3) is 0 Å². The molecule has 0 radical (unpaired) electrons. The van der Waals surface area contributed by atoms with E-state index in [0.29, 0.717) is 9.21 Å². The van der Waals surface area contributed by atoms with Crippen LogP contribution in [0.4, 0.5) is 0 Å². The molecule has 0 spiro atoms. The van der Waals surface area contributed by atoms with Gasteiger partial charge in [0.25, 0.3) is 9.21 Å². The number of aromatic nitrogens is 1. The highest BCUT2D eigenvalue weighted by atomic mass is 79.9. The van der Waals surface area contributed by atoms with E-state index in [1.807, 2.05) is 0 Å². The van der Waals surface area contributed by atoms with E-state index in [0.717, 1.165) is 9.20 Å². The van der Waals surface area contributed by atoms with Crippen molar-refractivity contribution in [2.45, 2.75) is 0 Å². The zero-order valence-electron chi connectivity index (χ0n) is 4.64. The number of rotatable bonds is 0. The molecule has 1 aromatic heterocycles. The van der Waals surface area contributed by atoms with Crippen molar-refractivity contribution in [2.24, 2.45) is 0 Å². The molecule has 1 aromatic rings. The molecule has 2 nitrogen and oxygen atoms in total. The molecule has 0 aliphatic heterocycles.